The molecule has 0 N–H and O–H groups in total. The molecular weight excluding hydrogens is 356 g/mol. The molecule has 3 aromatic rings. The number of nitrogens with zero attached hydrogens (tertiary/aromatic N) is 2. The molecule has 1 heterocycles. The zero-order chi connectivity index (χ0) is 18.4. The van der Waals surface area contributed by atoms with Crippen molar-refractivity contribution >= 4 is 37.3 Å². The van der Waals surface area contributed by atoms with E-state index >= 15 is 0 Å². The minimum absolute atomic E-state index is 0.183. The Kier molecular flexibility index (Phi) is 4.38. The summed E-state index contributed by atoms with van der Waals surface area (Å²) in [4.78, 5) is 17.4. The first-order valence-electron chi connectivity index (χ1n) is 7.63. The molecule has 0 saturated heterocycles. The van der Waals surface area contributed by atoms with Crippen LogP contribution in [0.2, 0.25) is 0 Å². The second-order valence-corrected chi connectivity index (χ2v) is 9.09. The predicted molar refractivity (Wildman–Crippen MR) is 99.7 cm³/mol. The van der Waals surface area contributed by atoms with Crippen LogP contribution in [-0.4, -0.2) is 25.1 Å². The van der Waals surface area contributed by atoms with Crippen LogP contribution in [0.5, 0.6) is 0 Å². The lowest BCUT2D eigenvalue weighted by Gasteiger charge is -2.01. The van der Waals surface area contributed by atoms with Crippen molar-refractivity contribution in [1.29, 1.82) is 0 Å². The van der Waals surface area contributed by atoms with Crippen LogP contribution >= 0.6 is 11.3 Å². The smallest absolute Gasteiger partial charge is 0.279 e. The Bertz CT molecular complexity index is 1150. The Morgan fingerprint density at radius 2 is 1.68 bits per heavy atom. The number of aromatic nitrogens is 1. The van der Waals surface area contributed by atoms with Gasteiger partial charge in [-0.3, -0.25) is 4.79 Å². The quantitative estimate of drug-likeness (QED) is 0.692. The second-order valence-electron chi connectivity index (χ2n) is 6.06. The molecule has 0 aliphatic rings. The van der Waals surface area contributed by atoms with E-state index in [1.54, 1.807) is 0 Å². The van der Waals surface area contributed by atoms with E-state index in [9.17, 15) is 13.2 Å². The van der Waals surface area contributed by atoms with Crippen molar-refractivity contribution in [3.63, 3.8) is 0 Å². The van der Waals surface area contributed by atoms with E-state index in [4.69, 9.17) is 0 Å². The predicted octanol–water partition coefficient (Wildman–Crippen LogP) is 3.00. The molecule has 7 heteroatoms. The van der Waals surface area contributed by atoms with E-state index in [0.29, 0.717) is 10.4 Å². The van der Waals surface area contributed by atoms with E-state index < -0.39 is 15.7 Å². The maximum absolute atomic E-state index is 12.4. The number of carbonyl (C=O) groups is 1. The van der Waals surface area contributed by atoms with Gasteiger partial charge in [0.1, 0.15) is 0 Å². The van der Waals surface area contributed by atoms with Crippen molar-refractivity contribution in [2.24, 2.45) is 12.0 Å². The Hall–Kier alpha value is -2.25. The number of fused-ring (bicyclic) bond motifs is 1. The zero-order valence-corrected chi connectivity index (χ0v) is 16.0. The third-order valence-corrected chi connectivity index (χ3v) is 6.37. The van der Waals surface area contributed by atoms with E-state index in [2.05, 4.69) is 31.0 Å². The Labute approximate surface area is 150 Å². The highest BCUT2D eigenvalue weighted by molar-refractivity contribution is 7.90. The number of amides is 1. The SMILES string of the molecule is Cc1cc2sc(=NC(=O)c3ccc(S(C)(=O)=O)cc3)n(C)c2cc1C. The molecule has 0 bridgehead atoms. The van der Waals surface area contributed by atoms with Crippen molar-refractivity contribution in [2.75, 3.05) is 6.26 Å². The number of aryl methyl sites for hydroxylation is 3. The van der Waals surface area contributed by atoms with E-state index in [-0.39, 0.29) is 4.90 Å². The molecule has 0 saturated carbocycles. The number of benzene rings is 2. The van der Waals surface area contributed by atoms with Crippen LogP contribution in [0, 0.1) is 13.8 Å². The average Bonchev–Trinajstić information content (AvgIpc) is 2.83. The van der Waals surface area contributed by atoms with E-state index in [1.165, 1.54) is 46.7 Å². The molecule has 3 rings (SSSR count). The summed E-state index contributed by atoms with van der Waals surface area (Å²) in [5.74, 6) is -0.393. The van der Waals surface area contributed by atoms with Crippen molar-refractivity contribution in [1.82, 2.24) is 4.57 Å². The van der Waals surface area contributed by atoms with Gasteiger partial charge in [-0.25, -0.2) is 8.42 Å². The van der Waals surface area contributed by atoms with Gasteiger partial charge in [-0.1, -0.05) is 11.3 Å². The van der Waals surface area contributed by atoms with Crippen LogP contribution in [-0.2, 0) is 16.9 Å². The highest BCUT2D eigenvalue weighted by Crippen LogP contribution is 2.21. The summed E-state index contributed by atoms with van der Waals surface area (Å²) in [6, 6.07) is 10.0. The molecule has 5 nitrogen and oxygen atoms in total. The summed E-state index contributed by atoms with van der Waals surface area (Å²) in [7, 11) is -1.40. The molecule has 0 radical (unpaired) electrons. The van der Waals surface area contributed by atoms with Crippen molar-refractivity contribution in [3.05, 3.63) is 57.9 Å². The van der Waals surface area contributed by atoms with Gasteiger partial charge in [-0.2, -0.15) is 4.99 Å². The fourth-order valence-corrected chi connectivity index (χ4v) is 4.21. The Morgan fingerprint density at radius 1 is 1.08 bits per heavy atom. The van der Waals surface area contributed by atoms with Crippen molar-refractivity contribution in [3.8, 4) is 0 Å². The molecule has 1 amide bonds. The first-order chi connectivity index (χ1) is 11.7. The molecule has 0 spiro atoms. The molecule has 0 aliphatic carbocycles. The maximum Gasteiger partial charge on any atom is 0.279 e. The van der Waals surface area contributed by atoms with Crippen LogP contribution < -0.4 is 4.80 Å². The topological polar surface area (TPSA) is 68.5 Å². The van der Waals surface area contributed by atoms with Crippen LogP contribution in [0.3, 0.4) is 0 Å². The molecule has 0 aliphatic heterocycles. The largest absolute Gasteiger partial charge is 0.319 e. The standard InChI is InChI=1S/C18H18N2O3S2/c1-11-9-15-16(10-12(11)2)24-18(20(15)3)19-17(21)13-5-7-14(8-6-13)25(4,22)23/h5-10H,1-4H3. The first kappa shape index (κ1) is 17.6. The van der Waals surface area contributed by atoms with Gasteiger partial charge in [0, 0.05) is 18.9 Å². The highest BCUT2D eigenvalue weighted by Gasteiger charge is 2.11. The van der Waals surface area contributed by atoms with Crippen LogP contribution in [0.25, 0.3) is 10.2 Å². The summed E-state index contributed by atoms with van der Waals surface area (Å²) in [5.41, 5.74) is 3.78. The van der Waals surface area contributed by atoms with Crippen molar-refractivity contribution < 1.29 is 13.2 Å². The van der Waals surface area contributed by atoms with Gasteiger partial charge < -0.3 is 4.57 Å². The zero-order valence-electron chi connectivity index (χ0n) is 14.4. The number of rotatable bonds is 2. The van der Waals surface area contributed by atoms with Gasteiger partial charge in [-0.05, 0) is 61.4 Å². The van der Waals surface area contributed by atoms with Gasteiger partial charge in [0.15, 0.2) is 14.6 Å². The molecule has 0 fully saturated rings. The monoisotopic (exact) mass is 374 g/mol. The summed E-state index contributed by atoms with van der Waals surface area (Å²) < 4.78 is 26.0. The summed E-state index contributed by atoms with van der Waals surface area (Å²) in [6.45, 7) is 4.11. The summed E-state index contributed by atoms with van der Waals surface area (Å²) in [6.07, 6.45) is 1.13. The minimum atomic E-state index is -3.28. The van der Waals surface area contributed by atoms with Crippen LogP contribution in [0.15, 0.2) is 46.3 Å². The molecule has 1 aromatic heterocycles. The molecule has 0 atom stereocenters. The summed E-state index contributed by atoms with van der Waals surface area (Å²) >= 11 is 1.46. The Morgan fingerprint density at radius 3 is 2.28 bits per heavy atom. The molecule has 130 valence electrons. The molecule has 2 aromatic carbocycles. The molecular formula is C18H18N2O3S2. The normalized spacial score (nSPS) is 12.7. The highest BCUT2D eigenvalue weighted by atomic mass is 32.2. The lowest BCUT2D eigenvalue weighted by Crippen LogP contribution is -2.13. The maximum atomic E-state index is 12.4. The van der Waals surface area contributed by atoms with Gasteiger partial charge in [0.05, 0.1) is 15.1 Å². The third kappa shape index (κ3) is 3.43. The van der Waals surface area contributed by atoms with E-state index in [0.717, 1.165) is 16.5 Å². The van der Waals surface area contributed by atoms with Crippen LogP contribution in [0.1, 0.15) is 21.5 Å². The number of thiazole rings is 1. The van der Waals surface area contributed by atoms with Gasteiger partial charge >= 0.3 is 0 Å². The Balaban J connectivity index is 2.04. The van der Waals surface area contributed by atoms with Gasteiger partial charge in [0.25, 0.3) is 5.91 Å². The molecule has 25 heavy (non-hydrogen) atoms. The third-order valence-electron chi connectivity index (χ3n) is 4.15. The number of hydrogen-bond acceptors (Lipinski definition) is 4. The lowest BCUT2D eigenvalue weighted by atomic mass is 10.1. The minimum Gasteiger partial charge on any atom is -0.319 e. The number of hydrogen-bond donors (Lipinski definition) is 0. The number of carbonyl (C=O) groups excluding carboxylic acids is 1. The lowest BCUT2D eigenvalue weighted by molar-refractivity contribution is 0.0998. The number of sulfone groups is 1. The van der Waals surface area contributed by atoms with Gasteiger partial charge in [0.2, 0.25) is 0 Å². The van der Waals surface area contributed by atoms with Gasteiger partial charge in [-0.15, -0.1) is 0 Å². The van der Waals surface area contributed by atoms with Crippen LogP contribution in [0.4, 0.5) is 0 Å². The molecule has 0 unspecified atom stereocenters. The van der Waals surface area contributed by atoms with E-state index in [1.807, 2.05) is 11.6 Å². The summed E-state index contributed by atoms with van der Waals surface area (Å²) in [5, 5.41) is 0. The second kappa shape index (κ2) is 6.24. The fourth-order valence-electron chi connectivity index (χ4n) is 2.48. The first-order valence-corrected chi connectivity index (χ1v) is 10.3. The van der Waals surface area contributed by atoms with Crippen molar-refractivity contribution in [2.45, 2.75) is 18.7 Å². The average molecular weight is 374 g/mol. The fraction of sp³-hybridized carbons (Fsp3) is 0.222.